The van der Waals surface area contributed by atoms with Gasteiger partial charge in [0.05, 0.1) is 33.1 Å². The fourth-order valence-corrected chi connectivity index (χ4v) is 12.2. The first-order valence-electron chi connectivity index (χ1n) is 19.9. The lowest BCUT2D eigenvalue weighted by molar-refractivity contribution is 0.0921. The zero-order valence-corrected chi connectivity index (χ0v) is 36.7. The highest BCUT2D eigenvalue weighted by atomic mass is 32.2. The van der Waals surface area contributed by atoms with Crippen LogP contribution in [0.4, 0.5) is 0 Å². The normalized spacial score (nSPS) is 19.6. The Morgan fingerprint density at radius 1 is 0.962 bits per heavy atom. The number of carbonyl (C=O) groups excluding carboxylic acids is 2. The summed E-state index contributed by atoms with van der Waals surface area (Å²) in [6, 6.07) is 6.46. The van der Waals surface area contributed by atoms with Crippen LogP contribution in [-0.4, -0.2) is 55.0 Å². The highest BCUT2D eigenvalue weighted by molar-refractivity contribution is 8.01. The molecule has 3 atom stereocenters. The van der Waals surface area contributed by atoms with E-state index in [9.17, 15) is 9.59 Å². The molecular formula is C44H60N2O2S5. The molecule has 2 bridgehead atoms. The first kappa shape index (κ1) is 42.4. The number of fused-ring (bicyclic) bond motifs is 8. The van der Waals surface area contributed by atoms with Crippen LogP contribution in [0.2, 0.25) is 0 Å². The molecule has 2 aliphatic rings. The average Bonchev–Trinajstić information content (AvgIpc) is 3.80. The van der Waals surface area contributed by atoms with Crippen LogP contribution in [0.25, 0.3) is 27.9 Å². The van der Waals surface area contributed by atoms with Gasteiger partial charge < -0.3 is 0 Å². The molecule has 3 aromatic rings. The Bertz CT molecular complexity index is 1800. The van der Waals surface area contributed by atoms with Crippen LogP contribution in [0.5, 0.6) is 0 Å². The van der Waals surface area contributed by atoms with Gasteiger partial charge in [-0.15, -0.1) is 35.7 Å². The first-order valence-corrected chi connectivity index (χ1v) is 24.5. The molecule has 0 amide bonds. The number of allylic oxidation sites excluding steroid dienone is 5. The van der Waals surface area contributed by atoms with Gasteiger partial charge in [0.1, 0.15) is 5.25 Å². The summed E-state index contributed by atoms with van der Waals surface area (Å²) in [5.41, 5.74) is 5.80. The molecule has 0 aliphatic carbocycles. The molecule has 0 aromatic carbocycles. The van der Waals surface area contributed by atoms with E-state index in [-0.39, 0.29) is 17.6 Å². The maximum Gasteiger partial charge on any atom is 0.248 e. The van der Waals surface area contributed by atoms with E-state index in [0.29, 0.717) is 6.42 Å². The second-order valence-electron chi connectivity index (χ2n) is 14.6. The van der Waals surface area contributed by atoms with Gasteiger partial charge in [0.2, 0.25) is 11.8 Å². The summed E-state index contributed by atoms with van der Waals surface area (Å²) in [7, 11) is 0. The molecule has 5 rings (SSSR count). The van der Waals surface area contributed by atoms with Crippen LogP contribution in [0, 0.1) is 11.8 Å². The first-order chi connectivity index (χ1) is 25.8. The fraction of sp³-hybridized carbons (Fsp3) is 0.545. The quantitative estimate of drug-likeness (QED) is 0.0742. The summed E-state index contributed by atoms with van der Waals surface area (Å²) in [5, 5.41) is -0.491. The van der Waals surface area contributed by atoms with Gasteiger partial charge in [-0.2, -0.15) is 23.5 Å². The molecule has 3 unspecified atom stereocenters. The number of hydrogen-bond acceptors (Lipinski definition) is 7. The van der Waals surface area contributed by atoms with Crippen molar-refractivity contribution in [3.8, 4) is 0 Å². The molecule has 0 radical (unpaired) electrons. The second kappa shape index (κ2) is 21.5. The number of unbranched alkanes of at least 4 members (excludes halogenated alkanes) is 2. The van der Waals surface area contributed by atoms with Gasteiger partial charge >= 0.3 is 0 Å². The maximum absolute atomic E-state index is 14.5. The summed E-state index contributed by atoms with van der Waals surface area (Å²) < 4.78 is 4.92. The standard InChI is InChI=1S/C44H60N2O2S5/c1-6-10-15-32(8-3)28-50-21-13-12-19-37-40(49)25-35-18-14-17-34-23-31(5)24-42(44(48)45(35)37)52-30-43(47)46-38(34)27-41-39(46)26-36(53-41)20-22-51-29-33(9-4)16-11-7-2/h12,14,17-19,24-27,32-33,42,49H,6-11,13,15-16,20-23,28-30H2,1-5H3/b18-14?,19-12+,31-24-,34-17+. The van der Waals surface area contributed by atoms with E-state index in [1.807, 2.05) is 50.5 Å². The van der Waals surface area contributed by atoms with E-state index in [4.69, 9.17) is 12.6 Å². The van der Waals surface area contributed by atoms with Gasteiger partial charge in [-0.05, 0) is 110 Å². The number of thiol groups is 1. The number of nitrogens with zero attached hydrogens (tertiary/aromatic N) is 2. The Hall–Kier alpha value is -1.78. The highest BCUT2D eigenvalue weighted by Crippen LogP contribution is 2.37. The van der Waals surface area contributed by atoms with Crippen molar-refractivity contribution in [2.24, 2.45) is 11.8 Å². The van der Waals surface area contributed by atoms with Crippen molar-refractivity contribution < 1.29 is 9.59 Å². The van der Waals surface area contributed by atoms with Crippen molar-refractivity contribution >= 4 is 99.0 Å². The molecule has 2 aliphatic heterocycles. The van der Waals surface area contributed by atoms with E-state index < -0.39 is 5.25 Å². The summed E-state index contributed by atoms with van der Waals surface area (Å²) >= 11 is 12.2. The molecule has 0 N–H and O–H groups in total. The van der Waals surface area contributed by atoms with Crippen LogP contribution < -0.4 is 0 Å². The lowest BCUT2D eigenvalue weighted by atomic mass is 10.0. The van der Waals surface area contributed by atoms with Crippen molar-refractivity contribution in [2.75, 3.05) is 28.8 Å². The highest BCUT2D eigenvalue weighted by Gasteiger charge is 2.28. The van der Waals surface area contributed by atoms with E-state index in [2.05, 4.69) is 82.8 Å². The van der Waals surface area contributed by atoms with E-state index in [0.717, 1.165) is 79.5 Å². The number of hydrogen-bond donors (Lipinski definition) is 1. The zero-order valence-electron chi connectivity index (χ0n) is 32.5. The van der Waals surface area contributed by atoms with Crippen molar-refractivity contribution in [3.63, 3.8) is 0 Å². The Morgan fingerprint density at radius 2 is 1.68 bits per heavy atom. The zero-order chi connectivity index (χ0) is 37.7. The molecule has 288 valence electrons. The Kier molecular flexibility index (Phi) is 17.2. The summed E-state index contributed by atoms with van der Waals surface area (Å²) in [6.07, 6.45) is 25.5. The topological polar surface area (TPSA) is 44.0 Å². The third-order valence-electron chi connectivity index (χ3n) is 10.5. The maximum atomic E-state index is 14.5. The molecule has 9 heteroatoms. The molecular weight excluding hydrogens is 749 g/mol. The molecule has 5 heterocycles. The van der Waals surface area contributed by atoms with Crippen LogP contribution in [0.1, 0.15) is 130 Å². The lowest BCUT2D eigenvalue weighted by Crippen LogP contribution is -2.27. The summed E-state index contributed by atoms with van der Waals surface area (Å²) in [6.45, 7) is 11.3. The monoisotopic (exact) mass is 808 g/mol. The predicted octanol–water partition coefficient (Wildman–Crippen LogP) is 13.5. The Balaban J connectivity index is 1.36. The minimum Gasteiger partial charge on any atom is -0.279 e. The van der Waals surface area contributed by atoms with Gasteiger partial charge in [-0.25, -0.2) is 0 Å². The molecule has 0 spiro atoms. The van der Waals surface area contributed by atoms with Gasteiger partial charge in [0.25, 0.3) is 0 Å². The molecule has 4 nitrogen and oxygen atoms in total. The van der Waals surface area contributed by atoms with Crippen molar-refractivity contribution in [3.05, 3.63) is 70.0 Å². The lowest BCUT2D eigenvalue weighted by Gasteiger charge is -2.19. The van der Waals surface area contributed by atoms with Crippen LogP contribution in [-0.2, 0) is 6.42 Å². The molecule has 3 aromatic heterocycles. The fourth-order valence-electron chi connectivity index (χ4n) is 7.21. The van der Waals surface area contributed by atoms with Gasteiger partial charge in [-0.1, -0.05) is 96.1 Å². The largest absolute Gasteiger partial charge is 0.279 e. The number of rotatable bonds is 19. The number of thiophene rings is 1. The Morgan fingerprint density at radius 3 is 2.38 bits per heavy atom. The van der Waals surface area contributed by atoms with E-state index in [1.54, 1.807) is 0 Å². The predicted molar refractivity (Wildman–Crippen MR) is 243 cm³/mol. The van der Waals surface area contributed by atoms with Gasteiger partial charge in [0.15, 0.2) is 0 Å². The average molecular weight is 809 g/mol. The Labute approximate surface area is 341 Å². The van der Waals surface area contributed by atoms with Crippen molar-refractivity contribution in [1.82, 2.24) is 9.13 Å². The SMILES string of the molecule is CCCCC(CC)CSCC/C=C/c1c(S)cc2n1C(=O)C1/C=C(/C)C/C(=C\C=C2)c2cc3sc(CCSCC(CC)CCCC)cc3n2C(=O)CS1. The third-order valence-corrected chi connectivity index (χ3v) is 15.5. The number of aryl methyl sites for hydroxylation is 1. The molecule has 53 heavy (non-hydrogen) atoms. The minimum absolute atomic E-state index is 0.0283. The third kappa shape index (κ3) is 11.4. The van der Waals surface area contributed by atoms with Gasteiger partial charge in [-0.3, -0.25) is 18.7 Å². The number of carbonyl (C=O) groups is 2. The van der Waals surface area contributed by atoms with Crippen LogP contribution in [0.3, 0.4) is 0 Å². The summed E-state index contributed by atoms with van der Waals surface area (Å²) in [4.78, 5) is 30.8. The van der Waals surface area contributed by atoms with E-state index >= 15 is 0 Å². The van der Waals surface area contributed by atoms with E-state index in [1.165, 1.54) is 79.5 Å². The van der Waals surface area contributed by atoms with Crippen LogP contribution in [0.15, 0.2) is 53.0 Å². The summed E-state index contributed by atoms with van der Waals surface area (Å²) in [5.74, 6) is 6.45. The second-order valence-corrected chi connectivity index (χ2v) is 19.7. The molecule has 0 fully saturated rings. The van der Waals surface area contributed by atoms with Crippen molar-refractivity contribution in [1.29, 1.82) is 0 Å². The molecule has 0 saturated heterocycles. The van der Waals surface area contributed by atoms with Crippen LogP contribution >= 0.6 is 59.3 Å². The smallest absolute Gasteiger partial charge is 0.248 e. The van der Waals surface area contributed by atoms with Crippen molar-refractivity contribution in [2.45, 2.75) is 115 Å². The number of thioether (sulfide) groups is 3. The molecule has 0 saturated carbocycles. The minimum atomic E-state index is -0.491. The number of aromatic nitrogens is 2. The van der Waals surface area contributed by atoms with Gasteiger partial charge in [0, 0.05) is 9.77 Å².